The number of nitrogens with zero attached hydrogens (tertiary/aromatic N) is 2. The smallest absolute Gasteiger partial charge is 0.140 e. The number of rotatable bonds is 5. The first-order valence-electron chi connectivity index (χ1n) is 11.8. The molecule has 0 spiro atoms. The van der Waals surface area contributed by atoms with Crippen LogP contribution in [0.25, 0.3) is 11.1 Å². The number of benzene rings is 2. The number of fused-ring (bicyclic) bond motifs is 3. The summed E-state index contributed by atoms with van der Waals surface area (Å²) in [7, 11) is 0. The summed E-state index contributed by atoms with van der Waals surface area (Å²) in [6, 6.07) is 20.3. The van der Waals surface area contributed by atoms with Crippen molar-refractivity contribution in [3.63, 3.8) is 0 Å². The van der Waals surface area contributed by atoms with E-state index >= 15 is 0 Å². The predicted molar refractivity (Wildman–Crippen MR) is 127 cm³/mol. The third-order valence-electron chi connectivity index (χ3n) is 7.33. The van der Waals surface area contributed by atoms with Crippen LogP contribution < -0.4 is 5.11 Å². The molecule has 2 heterocycles. The Hall–Kier alpha value is -2.93. The molecule has 0 bridgehead atoms. The Labute approximate surface area is 191 Å². The summed E-state index contributed by atoms with van der Waals surface area (Å²) in [5.74, 6) is 7.35. The maximum Gasteiger partial charge on any atom is 0.140 e. The van der Waals surface area contributed by atoms with Crippen LogP contribution in [0.3, 0.4) is 0 Å². The SMILES string of the molecule is CCC[N+]1(CC#CCC2([O-])c3ccccc3-c3ccccc32)CCC(c2ccncc2)C1. The minimum atomic E-state index is -1.28. The van der Waals surface area contributed by atoms with Crippen LogP contribution in [0.15, 0.2) is 73.1 Å². The van der Waals surface area contributed by atoms with Gasteiger partial charge in [0.15, 0.2) is 0 Å². The molecule has 1 fully saturated rings. The van der Waals surface area contributed by atoms with Gasteiger partial charge in [0.2, 0.25) is 0 Å². The molecule has 3 nitrogen and oxygen atoms in total. The van der Waals surface area contributed by atoms with E-state index in [0.717, 1.165) is 59.3 Å². The molecule has 1 aromatic heterocycles. The normalized spacial score (nSPS) is 22.6. The number of pyridine rings is 1. The fourth-order valence-corrected chi connectivity index (χ4v) is 5.77. The zero-order valence-electron chi connectivity index (χ0n) is 18.8. The highest BCUT2D eigenvalue weighted by Gasteiger charge is 2.38. The Balaban J connectivity index is 1.35. The molecule has 0 N–H and O–H groups in total. The van der Waals surface area contributed by atoms with Crippen molar-refractivity contribution in [1.82, 2.24) is 4.98 Å². The molecule has 2 unspecified atom stereocenters. The monoisotopic (exact) mass is 422 g/mol. The zero-order chi connectivity index (χ0) is 22.0. The minimum Gasteiger partial charge on any atom is -0.842 e. The van der Waals surface area contributed by atoms with Gasteiger partial charge in [-0.3, -0.25) is 4.98 Å². The molecule has 32 heavy (non-hydrogen) atoms. The predicted octanol–water partition coefficient (Wildman–Crippen LogP) is 4.47. The average molecular weight is 423 g/mol. The van der Waals surface area contributed by atoms with E-state index in [1.807, 2.05) is 48.8 Å². The van der Waals surface area contributed by atoms with Gasteiger partial charge in [-0.15, -0.1) is 0 Å². The fourth-order valence-electron chi connectivity index (χ4n) is 5.77. The Morgan fingerprint density at radius 2 is 1.62 bits per heavy atom. The molecule has 3 aromatic rings. The first-order chi connectivity index (χ1) is 15.7. The number of hydrogen-bond acceptors (Lipinski definition) is 2. The van der Waals surface area contributed by atoms with Gasteiger partial charge in [0.25, 0.3) is 0 Å². The van der Waals surface area contributed by atoms with Crippen molar-refractivity contribution in [2.75, 3.05) is 26.2 Å². The van der Waals surface area contributed by atoms with E-state index in [1.54, 1.807) is 0 Å². The first kappa shape index (κ1) is 20.9. The molecule has 2 atom stereocenters. The van der Waals surface area contributed by atoms with Gasteiger partial charge in [-0.2, -0.15) is 0 Å². The van der Waals surface area contributed by atoms with E-state index in [2.05, 4.69) is 48.0 Å². The van der Waals surface area contributed by atoms with Crippen molar-refractivity contribution in [3.8, 4) is 23.0 Å². The fraction of sp³-hybridized carbons (Fsp3) is 0.345. The Kier molecular flexibility index (Phi) is 5.59. The second-order valence-corrected chi connectivity index (χ2v) is 9.34. The highest BCUT2D eigenvalue weighted by molar-refractivity contribution is 5.79. The van der Waals surface area contributed by atoms with Gasteiger partial charge in [0.1, 0.15) is 6.54 Å². The number of hydrogen-bond donors (Lipinski definition) is 0. The van der Waals surface area contributed by atoms with E-state index in [1.165, 1.54) is 12.0 Å². The molecular formula is C29H30N2O. The molecule has 162 valence electrons. The number of likely N-dealkylation sites (tertiary alicyclic amines) is 1. The zero-order valence-corrected chi connectivity index (χ0v) is 18.8. The van der Waals surface area contributed by atoms with Crippen LogP contribution in [-0.4, -0.2) is 35.6 Å². The molecule has 0 saturated carbocycles. The van der Waals surface area contributed by atoms with Crippen LogP contribution in [0, 0.1) is 11.8 Å². The lowest BCUT2D eigenvalue weighted by Gasteiger charge is -2.37. The third kappa shape index (κ3) is 3.64. The summed E-state index contributed by atoms with van der Waals surface area (Å²) in [5.41, 5.74) is 3.98. The lowest BCUT2D eigenvalue weighted by atomic mass is 9.88. The van der Waals surface area contributed by atoms with Gasteiger partial charge >= 0.3 is 0 Å². The molecule has 0 amide bonds. The third-order valence-corrected chi connectivity index (χ3v) is 7.33. The molecule has 1 aliphatic heterocycles. The highest BCUT2D eigenvalue weighted by atomic mass is 16.3. The Morgan fingerprint density at radius 3 is 2.28 bits per heavy atom. The number of quaternary nitrogens is 1. The van der Waals surface area contributed by atoms with Crippen LogP contribution in [0.4, 0.5) is 0 Å². The lowest BCUT2D eigenvalue weighted by molar-refractivity contribution is -0.910. The molecule has 1 aliphatic carbocycles. The van der Waals surface area contributed by atoms with Gasteiger partial charge in [0, 0.05) is 31.2 Å². The van der Waals surface area contributed by atoms with Crippen LogP contribution in [-0.2, 0) is 5.60 Å². The molecular weight excluding hydrogens is 392 g/mol. The van der Waals surface area contributed by atoms with E-state index < -0.39 is 5.60 Å². The highest BCUT2D eigenvalue weighted by Crippen LogP contribution is 2.47. The molecule has 2 aromatic carbocycles. The summed E-state index contributed by atoms with van der Waals surface area (Å²) in [4.78, 5) is 4.17. The standard InChI is InChI=1S/C29H30N2O/c1-2-19-31(21-15-24(22-31)23-13-17-30-18-14-23)20-8-7-16-29(32)27-11-5-3-9-25(27)26-10-4-6-12-28(26)29/h3-6,9-14,17-18,24H,2,15-16,19-22H2,1H3. The second kappa shape index (κ2) is 8.54. The van der Waals surface area contributed by atoms with Crippen molar-refractivity contribution < 1.29 is 9.59 Å². The second-order valence-electron chi connectivity index (χ2n) is 9.34. The largest absolute Gasteiger partial charge is 0.842 e. The average Bonchev–Trinajstić information content (AvgIpc) is 3.37. The summed E-state index contributed by atoms with van der Waals surface area (Å²) < 4.78 is 1.04. The van der Waals surface area contributed by atoms with Crippen molar-refractivity contribution in [3.05, 3.63) is 89.7 Å². The van der Waals surface area contributed by atoms with E-state index in [9.17, 15) is 5.11 Å². The van der Waals surface area contributed by atoms with Crippen LogP contribution >= 0.6 is 0 Å². The maximum absolute atomic E-state index is 14.1. The topological polar surface area (TPSA) is 36.0 Å². The van der Waals surface area contributed by atoms with E-state index in [4.69, 9.17) is 0 Å². The van der Waals surface area contributed by atoms with Crippen LogP contribution in [0.2, 0.25) is 0 Å². The summed E-state index contributed by atoms with van der Waals surface area (Å²) in [5, 5.41) is 14.1. The van der Waals surface area contributed by atoms with E-state index in [0.29, 0.717) is 12.3 Å². The minimum absolute atomic E-state index is 0.320. The van der Waals surface area contributed by atoms with Gasteiger partial charge in [-0.25, -0.2) is 0 Å². The summed E-state index contributed by atoms with van der Waals surface area (Å²) in [6.07, 6.45) is 6.45. The van der Waals surface area contributed by atoms with E-state index in [-0.39, 0.29) is 0 Å². The molecule has 2 aliphatic rings. The first-order valence-corrected chi connectivity index (χ1v) is 11.8. The van der Waals surface area contributed by atoms with Gasteiger partial charge in [-0.05, 0) is 57.9 Å². The summed E-state index contributed by atoms with van der Waals surface area (Å²) >= 11 is 0. The lowest BCUT2D eigenvalue weighted by Crippen LogP contribution is -2.46. The van der Waals surface area contributed by atoms with Gasteiger partial charge < -0.3 is 9.59 Å². The molecule has 3 heteroatoms. The van der Waals surface area contributed by atoms with Crippen LogP contribution in [0.5, 0.6) is 0 Å². The summed E-state index contributed by atoms with van der Waals surface area (Å²) in [6.45, 7) is 6.51. The van der Waals surface area contributed by atoms with Crippen molar-refractivity contribution in [1.29, 1.82) is 0 Å². The van der Waals surface area contributed by atoms with Crippen LogP contribution in [0.1, 0.15) is 48.8 Å². The van der Waals surface area contributed by atoms with Gasteiger partial charge in [0.05, 0.1) is 19.6 Å². The maximum atomic E-state index is 14.1. The van der Waals surface area contributed by atoms with Crippen molar-refractivity contribution in [2.24, 2.45) is 0 Å². The Bertz CT molecular complexity index is 1110. The Morgan fingerprint density at radius 1 is 0.969 bits per heavy atom. The van der Waals surface area contributed by atoms with Crippen molar-refractivity contribution >= 4 is 0 Å². The molecule has 1 saturated heterocycles. The van der Waals surface area contributed by atoms with Gasteiger partial charge in [-0.1, -0.05) is 61.4 Å². The number of aromatic nitrogens is 1. The van der Waals surface area contributed by atoms with Crippen molar-refractivity contribution in [2.45, 2.75) is 37.7 Å². The molecule has 0 radical (unpaired) electrons. The quantitative estimate of drug-likeness (QED) is 0.449. The molecule has 5 rings (SSSR count).